The quantitative estimate of drug-likeness (QED) is 0.652. The van der Waals surface area contributed by atoms with Crippen LogP contribution in [0.1, 0.15) is 25.5 Å². The van der Waals surface area contributed by atoms with Crippen LogP contribution in [0.4, 0.5) is 10.1 Å². The summed E-state index contributed by atoms with van der Waals surface area (Å²) in [4.78, 5) is 10.1. The average molecular weight is 279 g/mol. The Morgan fingerprint density at radius 3 is 2.44 bits per heavy atom. The first kappa shape index (κ1) is 16.8. The van der Waals surface area contributed by atoms with E-state index in [2.05, 4.69) is 0 Å². The van der Waals surface area contributed by atoms with Crippen molar-refractivity contribution < 1.29 is 14.4 Å². The number of aliphatic hydroxyl groups is 1. The Hall–Kier alpha value is -1.24. The summed E-state index contributed by atoms with van der Waals surface area (Å²) in [7, 11) is 0. The van der Waals surface area contributed by atoms with Gasteiger partial charge in [-0.15, -0.1) is 12.4 Å². The summed E-state index contributed by atoms with van der Waals surface area (Å²) in [5.41, 5.74) is 5.48. The molecule has 0 radical (unpaired) electrons. The number of benzene rings is 1. The van der Waals surface area contributed by atoms with Crippen molar-refractivity contribution in [3.63, 3.8) is 0 Å². The van der Waals surface area contributed by atoms with E-state index in [0.717, 1.165) is 12.1 Å². The third-order valence-corrected chi connectivity index (χ3v) is 2.60. The van der Waals surface area contributed by atoms with Gasteiger partial charge >= 0.3 is 0 Å². The van der Waals surface area contributed by atoms with E-state index in [-0.39, 0.29) is 23.9 Å². The van der Waals surface area contributed by atoms with Gasteiger partial charge in [0, 0.05) is 5.56 Å². The van der Waals surface area contributed by atoms with Crippen LogP contribution >= 0.6 is 12.4 Å². The minimum atomic E-state index is -0.917. The highest BCUT2D eigenvalue weighted by molar-refractivity contribution is 5.85. The molecule has 0 heterocycles. The molecule has 7 heteroatoms. The number of hydrogen-bond acceptors (Lipinski definition) is 4. The number of aliphatic hydroxyl groups excluding tert-OH is 1. The highest BCUT2D eigenvalue weighted by Gasteiger charge is 2.27. The normalized spacial score (nSPS) is 13.9. The number of nitro groups is 1. The van der Waals surface area contributed by atoms with E-state index in [1.165, 1.54) is 6.07 Å². The minimum Gasteiger partial charge on any atom is -0.391 e. The topological polar surface area (TPSA) is 89.4 Å². The van der Waals surface area contributed by atoms with Crippen molar-refractivity contribution in [1.82, 2.24) is 0 Å². The molecule has 2 atom stereocenters. The minimum absolute atomic E-state index is 0. The maximum absolute atomic E-state index is 12.9. The maximum atomic E-state index is 12.9. The predicted octanol–water partition coefficient (Wildman–Crippen LogP) is 2.17. The zero-order valence-electron chi connectivity index (χ0n) is 10.0. The number of nitrogens with zero attached hydrogens (tertiary/aromatic N) is 1. The van der Waals surface area contributed by atoms with Crippen LogP contribution in [0.25, 0.3) is 0 Å². The lowest BCUT2D eigenvalue weighted by Gasteiger charge is -2.22. The zero-order chi connectivity index (χ0) is 13.2. The maximum Gasteiger partial charge on any atom is 0.277 e. The fourth-order valence-electron chi connectivity index (χ4n) is 1.56. The second-order valence-electron chi connectivity index (χ2n) is 4.22. The van der Waals surface area contributed by atoms with Crippen molar-refractivity contribution in [2.45, 2.75) is 26.0 Å². The third kappa shape index (κ3) is 3.63. The molecule has 1 aromatic carbocycles. The van der Waals surface area contributed by atoms with Gasteiger partial charge in [-0.25, -0.2) is 4.39 Å². The first-order valence-electron chi connectivity index (χ1n) is 5.22. The van der Waals surface area contributed by atoms with Gasteiger partial charge in [0.15, 0.2) is 0 Å². The number of rotatable bonds is 4. The first-order valence-corrected chi connectivity index (χ1v) is 5.22. The van der Waals surface area contributed by atoms with E-state index in [0.29, 0.717) is 0 Å². The molecular formula is C11H16ClFN2O3. The summed E-state index contributed by atoms with van der Waals surface area (Å²) in [5.74, 6) is -0.846. The molecule has 0 aliphatic heterocycles. The Bertz CT molecular complexity index is 429. The number of nitrogens with two attached hydrogens (primary N) is 1. The molecule has 0 spiro atoms. The molecule has 0 aliphatic carbocycles. The molecule has 0 saturated heterocycles. The van der Waals surface area contributed by atoms with Gasteiger partial charge in [0.05, 0.1) is 23.1 Å². The van der Waals surface area contributed by atoms with E-state index in [4.69, 9.17) is 5.73 Å². The second kappa shape index (κ2) is 6.63. The molecule has 0 unspecified atom stereocenters. The fraction of sp³-hybridized carbons (Fsp3) is 0.455. The van der Waals surface area contributed by atoms with Gasteiger partial charge in [-0.2, -0.15) is 0 Å². The number of hydrogen-bond donors (Lipinski definition) is 2. The van der Waals surface area contributed by atoms with E-state index in [1.807, 2.05) is 0 Å². The molecule has 0 bridgehead atoms. The van der Waals surface area contributed by atoms with Crippen molar-refractivity contribution in [1.29, 1.82) is 0 Å². The molecule has 1 rings (SSSR count). The summed E-state index contributed by atoms with van der Waals surface area (Å²) < 4.78 is 12.9. The highest BCUT2D eigenvalue weighted by Crippen LogP contribution is 2.28. The van der Waals surface area contributed by atoms with Gasteiger partial charge in [-0.05, 0) is 18.1 Å². The Kier molecular flexibility index (Phi) is 6.17. The highest BCUT2D eigenvalue weighted by atomic mass is 35.5. The summed E-state index contributed by atoms with van der Waals surface area (Å²) in [6.45, 7) is 3.50. The van der Waals surface area contributed by atoms with Gasteiger partial charge in [0.2, 0.25) is 0 Å². The molecule has 0 aromatic heterocycles. The standard InChI is InChI=1S/C11H15FN2O3.ClH/c1-6(2)11(15)10(13)8-4-3-7(12)5-9(8)14(16)17;/h3-6,10-11,15H,13H2,1-2H3;1H/t10-,11+;/m0./s1. The molecule has 3 N–H and O–H groups in total. The Morgan fingerprint density at radius 2 is 2.00 bits per heavy atom. The van der Waals surface area contributed by atoms with Crippen molar-refractivity contribution in [2.75, 3.05) is 0 Å². The molecule has 0 aliphatic rings. The van der Waals surface area contributed by atoms with Crippen LogP contribution in [0, 0.1) is 21.8 Å². The van der Waals surface area contributed by atoms with Crippen molar-refractivity contribution in [3.8, 4) is 0 Å². The van der Waals surface area contributed by atoms with Crippen LogP contribution in [-0.2, 0) is 0 Å². The first-order chi connectivity index (χ1) is 7.84. The molecule has 102 valence electrons. The van der Waals surface area contributed by atoms with Gasteiger partial charge < -0.3 is 10.8 Å². The van der Waals surface area contributed by atoms with Crippen molar-refractivity contribution in [3.05, 3.63) is 39.7 Å². The summed E-state index contributed by atoms with van der Waals surface area (Å²) in [6.07, 6.45) is -0.917. The predicted molar refractivity (Wildman–Crippen MR) is 68.1 cm³/mol. The number of nitro benzene ring substituents is 1. The van der Waals surface area contributed by atoms with Crippen molar-refractivity contribution in [2.24, 2.45) is 11.7 Å². The lowest BCUT2D eigenvalue weighted by molar-refractivity contribution is -0.386. The second-order valence-corrected chi connectivity index (χ2v) is 4.22. The van der Waals surface area contributed by atoms with Crippen molar-refractivity contribution >= 4 is 18.1 Å². The SMILES string of the molecule is CC(C)[C@@H](O)[C@@H](N)c1ccc(F)cc1[N+](=O)[O-].Cl. The Balaban J connectivity index is 0.00000289. The van der Waals surface area contributed by atoms with Crippen LogP contribution in [0.2, 0.25) is 0 Å². The lowest BCUT2D eigenvalue weighted by Crippen LogP contribution is -2.31. The molecule has 5 nitrogen and oxygen atoms in total. The smallest absolute Gasteiger partial charge is 0.277 e. The number of halogens is 2. The largest absolute Gasteiger partial charge is 0.391 e. The Labute approximate surface area is 110 Å². The van der Waals surface area contributed by atoms with Crippen LogP contribution in [0.15, 0.2) is 18.2 Å². The zero-order valence-corrected chi connectivity index (χ0v) is 10.9. The van der Waals surface area contributed by atoms with Gasteiger partial charge in [0.25, 0.3) is 5.69 Å². The van der Waals surface area contributed by atoms with Crippen LogP contribution in [0.5, 0.6) is 0 Å². The van der Waals surface area contributed by atoms with Crippen LogP contribution in [-0.4, -0.2) is 16.1 Å². The van der Waals surface area contributed by atoms with Crippen LogP contribution in [0.3, 0.4) is 0 Å². The average Bonchev–Trinajstić information content (AvgIpc) is 2.26. The fourth-order valence-corrected chi connectivity index (χ4v) is 1.56. The third-order valence-electron chi connectivity index (χ3n) is 2.60. The summed E-state index contributed by atoms with van der Waals surface area (Å²) in [6, 6.07) is 2.23. The molecule has 18 heavy (non-hydrogen) atoms. The van der Waals surface area contributed by atoms with Gasteiger partial charge in [-0.1, -0.05) is 13.8 Å². The molecule has 1 aromatic rings. The van der Waals surface area contributed by atoms with E-state index < -0.39 is 28.6 Å². The van der Waals surface area contributed by atoms with Crippen LogP contribution < -0.4 is 5.73 Å². The lowest BCUT2D eigenvalue weighted by atomic mass is 9.93. The van der Waals surface area contributed by atoms with E-state index >= 15 is 0 Å². The van der Waals surface area contributed by atoms with E-state index in [1.54, 1.807) is 13.8 Å². The summed E-state index contributed by atoms with van der Waals surface area (Å²) in [5, 5.41) is 20.6. The van der Waals surface area contributed by atoms with Gasteiger partial charge in [-0.3, -0.25) is 10.1 Å². The molecule has 0 fully saturated rings. The van der Waals surface area contributed by atoms with E-state index in [9.17, 15) is 19.6 Å². The molecule has 0 saturated carbocycles. The Morgan fingerprint density at radius 1 is 1.44 bits per heavy atom. The monoisotopic (exact) mass is 278 g/mol. The van der Waals surface area contributed by atoms with Gasteiger partial charge in [0.1, 0.15) is 5.82 Å². The molecular weight excluding hydrogens is 263 g/mol. The summed E-state index contributed by atoms with van der Waals surface area (Å²) >= 11 is 0. The molecule has 0 amide bonds.